The minimum atomic E-state index is -0.478. The number of amides is 2. The molecule has 0 aliphatic carbocycles. The summed E-state index contributed by atoms with van der Waals surface area (Å²) in [6.45, 7) is 4.68. The van der Waals surface area contributed by atoms with E-state index in [-0.39, 0.29) is 6.03 Å². The maximum absolute atomic E-state index is 12.6. The lowest BCUT2D eigenvalue weighted by molar-refractivity contribution is 0.0602. The van der Waals surface area contributed by atoms with Crippen molar-refractivity contribution < 1.29 is 14.3 Å². The van der Waals surface area contributed by atoms with Crippen LogP contribution in [0.25, 0.3) is 0 Å². The minimum Gasteiger partial charge on any atom is -0.465 e. The lowest BCUT2D eigenvalue weighted by Gasteiger charge is -2.36. The monoisotopic (exact) mass is 387 g/mol. The van der Waals surface area contributed by atoms with E-state index < -0.39 is 5.97 Å². The van der Waals surface area contributed by atoms with Gasteiger partial charge in [-0.15, -0.1) is 0 Å². The first-order chi connectivity index (χ1) is 13.0. The maximum atomic E-state index is 12.6. The summed E-state index contributed by atoms with van der Waals surface area (Å²) >= 11 is 6.03. The second-order valence-electron chi connectivity index (χ2n) is 6.37. The normalized spacial score (nSPS) is 14.0. The third kappa shape index (κ3) is 4.34. The highest BCUT2D eigenvalue weighted by Gasteiger charge is 2.23. The molecule has 2 amide bonds. The number of aryl methyl sites for hydroxylation is 1. The quantitative estimate of drug-likeness (QED) is 0.814. The zero-order chi connectivity index (χ0) is 19.4. The lowest BCUT2D eigenvalue weighted by atomic mass is 10.1. The molecular formula is C20H22ClN3O3. The molecule has 1 saturated heterocycles. The molecule has 1 aliphatic heterocycles. The Labute approximate surface area is 163 Å². The standard InChI is InChI=1S/C20H22ClN3O3/c1-14-13-15(21)7-8-18(14)23-9-11-24(12-10-23)20(26)22-17-6-4-3-5-16(17)19(25)27-2/h3-8,13H,9-12H2,1-2H3,(H,22,26). The van der Waals surface area contributed by atoms with Crippen molar-refractivity contribution in [2.24, 2.45) is 0 Å². The largest absolute Gasteiger partial charge is 0.465 e. The van der Waals surface area contributed by atoms with Crippen molar-refractivity contribution >= 4 is 35.0 Å². The number of carbonyl (C=O) groups is 2. The molecule has 142 valence electrons. The van der Waals surface area contributed by atoms with E-state index in [0.717, 1.165) is 29.4 Å². The van der Waals surface area contributed by atoms with Crippen LogP contribution < -0.4 is 10.2 Å². The number of hydrogen-bond donors (Lipinski definition) is 1. The highest BCUT2D eigenvalue weighted by molar-refractivity contribution is 6.30. The zero-order valence-electron chi connectivity index (χ0n) is 15.4. The molecule has 2 aromatic carbocycles. The Kier molecular flexibility index (Phi) is 5.86. The predicted molar refractivity (Wildman–Crippen MR) is 107 cm³/mol. The van der Waals surface area contributed by atoms with Gasteiger partial charge in [0.15, 0.2) is 0 Å². The van der Waals surface area contributed by atoms with Gasteiger partial charge in [-0.05, 0) is 42.8 Å². The van der Waals surface area contributed by atoms with Crippen molar-refractivity contribution in [1.29, 1.82) is 0 Å². The van der Waals surface area contributed by atoms with E-state index in [1.807, 2.05) is 25.1 Å². The smallest absolute Gasteiger partial charge is 0.339 e. The molecule has 0 saturated carbocycles. The Bertz CT molecular complexity index is 848. The fourth-order valence-electron chi connectivity index (χ4n) is 3.20. The number of hydrogen-bond acceptors (Lipinski definition) is 4. The molecule has 0 spiro atoms. The summed E-state index contributed by atoms with van der Waals surface area (Å²) in [5.41, 5.74) is 3.04. The van der Waals surface area contributed by atoms with Gasteiger partial charge in [0.05, 0.1) is 18.4 Å². The maximum Gasteiger partial charge on any atom is 0.339 e. The van der Waals surface area contributed by atoms with E-state index in [2.05, 4.69) is 10.2 Å². The number of esters is 1. The fraction of sp³-hybridized carbons (Fsp3) is 0.300. The number of rotatable bonds is 3. The summed E-state index contributed by atoms with van der Waals surface area (Å²) in [4.78, 5) is 28.5. The third-order valence-corrected chi connectivity index (χ3v) is 4.88. The number of para-hydroxylation sites is 1. The fourth-order valence-corrected chi connectivity index (χ4v) is 3.43. The summed E-state index contributed by atoms with van der Waals surface area (Å²) in [5.74, 6) is -0.478. The van der Waals surface area contributed by atoms with Gasteiger partial charge >= 0.3 is 12.0 Å². The van der Waals surface area contributed by atoms with Gasteiger partial charge in [-0.1, -0.05) is 23.7 Å². The number of benzene rings is 2. The second-order valence-corrected chi connectivity index (χ2v) is 6.81. The number of carbonyl (C=O) groups excluding carboxylic acids is 2. The molecule has 0 radical (unpaired) electrons. The van der Waals surface area contributed by atoms with Gasteiger partial charge in [0.2, 0.25) is 0 Å². The number of piperazine rings is 1. The molecule has 0 bridgehead atoms. The van der Waals surface area contributed by atoms with Crippen LogP contribution in [0, 0.1) is 6.92 Å². The number of methoxy groups -OCH3 is 1. The van der Waals surface area contributed by atoms with Crippen LogP contribution in [0.3, 0.4) is 0 Å². The van der Waals surface area contributed by atoms with E-state index in [1.165, 1.54) is 7.11 Å². The summed E-state index contributed by atoms with van der Waals surface area (Å²) in [5, 5.41) is 3.54. The Balaban J connectivity index is 1.63. The Hall–Kier alpha value is -2.73. The second kappa shape index (κ2) is 8.31. The highest BCUT2D eigenvalue weighted by Crippen LogP contribution is 2.25. The van der Waals surface area contributed by atoms with Crippen LogP contribution in [0.4, 0.5) is 16.2 Å². The summed E-state index contributed by atoms with van der Waals surface area (Å²) in [6.07, 6.45) is 0. The van der Waals surface area contributed by atoms with Crippen LogP contribution in [0.1, 0.15) is 15.9 Å². The lowest BCUT2D eigenvalue weighted by Crippen LogP contribution is -2.50. The van der Waals surface area contributed by atoms with Gasteiger partial charge in [-0.2, -0.15) is 0 Å². The van der Waals surface area contributed by atoms with Crippen molar-refractivity contribution in [3.05, 3.63) is 58.6 Å². The molecule has 0 aromatic heterocycles. The summed E-state index contributed by atoms with van der Waals surface area (Å²) < 4.78 is 4.77. The Morgan fingerprint density at radius 1 is 1.07 bits per heavy atom. The SMILES string of the molecule is COC(=O)c1ccccc1NC(=O)N1CCN(c2ccc(Cl)cc2C)CC1. The van der Waals surface area contributed by atoms with E-state index in [0.29, 0.717) is 24.3 Å². The number of urea groups is 1. The molecule has 0 atom stereocenters. The first-order valence-electron chi connectivity index (χ1n) is 8.74. The van der Waals surface area contributed by atoms with Gasteiger partial charge in [0, 0.05) is 36.9 Å². The van der Waals surface area contributed by atoms with Gasteiger partial charge in [-0.3, -0.25) is 0 Å². The molecule has 1 fully saturated rings. The molecule has 1 heterocycles. The number of anilines is 2. The van der Waals surface area contributed by atoms with Crippen LogP contribution in [-0.4, -0.2) is 50.2 Å². The molecular weight excluding hydrogens is 366 g/mol. The van der Waals surface area contributed by atoms with Crippen molar-refractivity contribution in [3.8, 4) is 0 Å². The van der Waals surface area contributed by atoms with Crippen molar-refractivity contribution in [2.75, 3.05) is 43.5 Å². The molecule has 7 heteroatoms. The van der Waals surface area contributed by atoms with Gasteiger partial charge in [-0.25, -0.2) is 9.59 Å². The number of nitrogens with zero attached hydrogens (tertiary/aromatic N) is 2. The Morgan fingerprint density at radius 2 is 1.78 bits per heavy atom. The molecule has 3 rings (SSSR count). The van der Waals surface area contributed by atoms with E-state index in [9.17, 15) is 9.59 Å². The van der Waals surface area contributed by atoms with Crippen molar-refractivity contribution in [3.63, 3.8) is 0 Å². The van der Waals surface area contributed by atoms with Gasteiger partial charge in [0.25, 0.3) is 0 Å². The van der Waals surface area contributed by atoms with Crippen LogP contribution in [-0.2, 0) is 4.74 Å². The summed E-state index contributed by atoms with van der Waals surface area (Å²) in [7, 11) is 1.32. The number of halogens is 1. The topological polar surface area (TPSA) is 61.9 Å². The van der Waals surface area contributed by atoms with Crippen LogP contribution in [0.5, 0.6) is 0 Å². The zero-order valence-corrected chi connectivity index (χ0v) is 16.1. The predicted octanol–water partition coefficient (Wildman–Crippen LogP) is 3.79. The van der Waals surface area contributed by atoms with Crippen LogP contribution >= 0.6 is 11.6 Å². The van der Waals surface area contributed by atoms with E-state index in [1.54, 1.807) is 29.2 Å². The van der Waals surface area contributed by atoms with E-state index in [4.69, 9.17) is 16.3 Å². The van der Waals surface area contributed by atoms with Crippen molar-refractivity contribution in [2.45, 2.75) is 6.92 Å². The van der Waals surface area contributed by atoms with Crippen molar-refractivity contribution in [1.82, 2.24) is 4.90 Å². The molecule has 6 nitrogen and oxygen atoms in total. The minimum absolute atomic E-state index is 0.223. The number of nitrogens with one attached hydrogen (secondary N) is 1. The van der Waals surface area contributed by atoms with E-state index >= 15 is 0 Å². The first kappa shape index (κ1) is 19.0. The average molecular weight is 388 g/mol. The molecule has 1 aliphatic rings. The van der Waals surface area contributed by atoms with Crippen LogP contribution in [0.15, 0.2) is 42.5 Å². The molecule has 2 aromatic rings. The molecule has 1 N–H and O–H groups in total. The van der Waals surface area contributed by atoms with Gasteiger partial charge < -0.3 is 19.9 Å². The average Bonchev–Trinajstić information content (AvgIpc) is 2.68. The number of ether oxygens (including phenoxy) is 1. The Morgan fingerprint density at radius 3 is 2.44 bits per heavy atom. The molecule has 0 unspecified atom stereocenters. The first-order valence-corrected chi connectivity index (χ1v) is 9.12. The highest BCUT2D eigenvalue weighted by atomic mass is 35.5. The molecule has 27 heavy (non-hydrogen) atoms. The third-order valence-electron chi connectivity index (χ3n) is 4.64. The van der Waals surface area contributed by atoms with Gasteiger partial charge in [0.1, 0.15) is 0 Å². The summed E-state index contributed by atoms with van der Waals surface area (Å²) in [6, 6.07) is 12.4. The van der Waals surface area contributed by atoms with Crippen LogP contribution in [0.2, 0.25) is 5.02 Å².